The summed E-state index contributed by atoms with van der Waals surface area (Å²) in [5.74, 6) is -1.02. The Morgan fingerprint density at radius 3 is 2.67 bits per heavy atom. The number of rotatable bonds is 2. The lowest BCUT2D eigenvalue weighted by Crippen LogP contribution is -1.87. The van der Waals surface area contributed by atoms with E-state index in [0.29, 0.717) is 20.1 Å². The Morgan fingerprint density at radius 2 is 2.13 bits per heavy atom. The Labute approximate surface area is 103 Å². The van der Waals surface area contributed by atoms with Crippen LogP contribution in [0.15, 0.2) is 27.2 Å². The molecule has 76 valence electrons. The van der Waals surface area contributed by atoms with E-state index in [1.807, 2.05) is 6.07 Å². The summed E-state index contributed by atoms with van der Waals surface area (Å²) in [5.41, 5.74) is 1.11. The number of halogens is 2. The SMILES string of the molecule is N#Cc1cc(/C=C/C(=O)O)cc(Br)c1Br. The number of benzene rings is 1. The van der Waals surface area contributed by atoms with Crippen LogP contribution in [0.5, 0.6) is 0 Å². The van der Waals surface area contributed by atoms with Gasteiger partial charge in [-0.2, -0.15) is 5.26 Å². The van der Waals surface area contributed by atoms with Crippen LogP contribution in [0.1, 0.15) is 11.1 Å². The van der Waals surface area contributed by atoms with Crippen LogP contribution in [0.2, 0.25) is 0 Å². The quantitative estimate of drug-likeness (QED) is 0.847. The lowest BCUT2D eigenvalue weighted by molar-refractivity contribution is -0.131. The van der Waals surface area contributed by atoms with Crippen LogP contribution in [0.25, 0.3) is 6.08 Å². The molecule has 3 nitrogen and oxygen atoms in total. The number of carboxylic acid groups (broad SMARTS) is 1. The van der Waals surface area contributed by atoms with E-state index in [1.165, 1.54) is 6.08 Å². The molecule has 0 aliphatic rings. The zero-order valence-electron chi connectivity index (χ0n) is 7.37. The number of aliphatic carboxylic acids is 1. The Hall–Kier alpha value is -1.12. The van der Waals surface area contributed by atoms with E-state index in [-0.39, 0.29) is 0 Å². The van der Waals surface area contributed by atoms with Crippen molar-refractivity contribution in [3.8, 4) is 6.07 Å². The predicted octanol–water partition coefficient (Wildman–Crippen LogP) is 3.18. The van der Waals surface area contributed by atoms with Crippen LogP contribution in [0.4, 0.5) is 0 Å². The number of hydrogen-bond acceptors (Lipinski definition) is 2. The first-order valence-corrected chi connectivity index (χ1v) is 5.43. The third-order valence-electron chi connectivity index (χ3n) is 1.59. The second kappa shape index (κ2) is 5.10. The zero-order chi connectivity index (χ0) is 11.4. The smallest absolute Gasteiger partial charge is 0.328 e. The van der Waals surface area contributed by atoms with Gasteiger partial charge in [-0.25, -0.2) is 4.79 Å². The summed E-state index contributed by atoms with van der Waals surface area (Å²) in [4.78, 5) is 10.3. The molecule has 15 heavy (non-hydrogen) atoms. The highest BCUT2D eigenvalue weighted by molar-refractivity contribution is 9.13. The maximum atomic E-state index is 10.3. The first-order chi connectivity index (χ1) is 7.04. The Morgan fingerprint density at radius 1 is 1.47 bits per heavy atom. The van der Waals surface area contributed by atoms with Crippen molar-refractivity contribution in [2.24, 2.45) is 0 Å². The van der Waals surface area contributed by atoms with Gasteiger partial charge >= 0.3 is 5.97 Å². The first-order valence-electron chi connectivity index (χ1n) is 3.84. The second-order valence-corrected chi connectivity index (χ2v) is 4.29. The summed E-state index contributed by atoms with van der Waals surface area (Å²) >= 11 is 6.51. The lowest BCUT2D eigenvalue weighted by atomic mass is 10.1. The van der Waals surface area contributed by atoms with E-state index in [9.17, 15) is 4.79 Å². The average Bonchev–Trinajstić information content (AvgIpc) is 2.19. The minimum atomic E-state index is -1.02. The van der Waals surface area contributed by atoms with E-state index < -0.39 is 5.97 Å². The van der Waals surface area contributed by atoms with Crippen molar-refractivity contribution in [3.05, 3.63) is 38.3 Å². The molecule has 1 rings (SSSR count). The van der Waals surface area contributed by atoms with Crippen LogP contribution in [0.3, 0.4) is 0 Å². The molecule has 1 N–H and O–H groups in total. The van der Waals surface area contributed by atoms with Gasteiger partial charge in [-0.05, 0) is 55.6 Å². The van der Waals surface area contributed by atoms with Crippen LogP contribution in [0, 0.1) is 11.3 Å². The van der Waals surface area contributed by atoms with Crippen LogP contribution >= 0.6 is 31.9 Å². The van der Waals surface area contributed by atoms with Gasteiger partial charge in [0, 0.05) is 15.0 Å². The second-order valence-electron chi connectivity index (χ2n) is 2.65. The standard InChI is InChI=1S/C10H5Br2NO2/c11-8-4-6(1-2-9(14)15)3-7(5-13)10(8)12/h1-4H,(H,14,15)/b2-1+. The van der Waals surface area contributed by atoms with Crippen molar-refractivity contribution < 1.29 is 9.90 Å². The van der Waals surface area contributed by atoms with Crippen LogP contribution in [-0.2, 0) is 4.79 Å². The van der Waals surface area contributed by atoms with Crippen molar-refractivity contribution >= 4 is 43.9 Å². The summed E-state index contributed by atoms with van der Waals surface area (Å²) in [5, 5.41) is 17.3. The van der Waals surface area contributed by atoms with Gasteiger partial charge in [-0.3, -0.25) is 0 Å². The van der Waals surface area contributed by atoms with Gasteiger partial charge in [0.05, 0.1) is 5.56 Å². The predicted molar refractivity (Wildman–Crippen MR) is 63.2 cm³/mol. The van der Waals surface area contributed by atoms with Gasteiger partial charge in [-0.1, -0.05) is 0 Å². The van der Waals surface area contributed by atoms with E-state index >= 15 is 0 Å². The molecule has 0 heterocycles. The summed E-state index contributed by atoms with van der Waals surface area (Å²) < 4.78 is 1.38. The molecule has 0 radical (unpaired) electrons. The highest BCUT2D eigenvalue weighted by Gasteiger charge is 2.04. The van der Waals surface area contributed by atoms with Crippen molar-refractivity contribution in [2.75, 3.05) is 0 Å². The normalized spacial score (nSPS) is 10.2. The minimum absolute atomic E-state index is 0.453. The highest BCUT2D eigenvalue weighted by Crippen LogP contribution is 2.28. The molecule has 0 unspecified atom stereocenters. The van der Waals surface area contributed by atoms with Gasteiger partial charge < -0.3 is 5.11 Å². The molecule has 0 aromatic heterocycles. The fourth-order valence-electron chi connectivity index (χ4n) is 0.955. The molecule has 1 aromatic rings. The first kappa shape index (κ1) is 12.0. The van der Waals surface area contributed by atoms with Crippen molar-refractivity contribution in [1.82, 2.24) is 0 Å². The highest BCUT2D eigenvalue weighted by atomic mass is 79.9. The Balaban J connectivity index is 3.18. The maximum Gasteiger partial charge on any atom is 0.328 e. The van der Waals surface area contributed by atoms with Crippen molar-refractivity contribution in [2.45, 2.75) is 0 Å². The molecule has 1 aromatic carbocycles. The topological polar surface area (TPSA) is 61.1 Å². The molecule has 0 amide bonds. The fraction of sp³-hybridized carbons (Fsp3) is 0. The molecular weight excluding hydrogens is 326 g/mol. The lowest BCUT2D eigenvalue weighted by Gasteiger charge is -2.01. The van der Waals surface area contributed by atoms with Crippen LogP contribution in [-0.4, -0.2) is 11.1 Å². The third kappa shape index (κ3) is 3.18. The molecular formula is C10H5Br2NO2. The number of nitrogens with zero attached hydrogens (tertiary/aromatic N) is 1. The average molecular weight is 331 g/mol. The molecule has 0 aliphatic heterocycles. The number of nitriles is 1. The summed E-state index contributed by atoms with van der Waals surface area (Å²) in [6, 6.07) is 5.34. The third-order valence-corrected chi connectivity index (χ3v) is 3.60. The molecule has 5 heteroatoms. The number of hydrogen-bond donors (Lipinski definition) is 1. The molecule has 0 spiro atoms. The van der Waals surface area contributed by atoms with Crippen LogP contribution < -0.4 is 0 Å². The maximum absolute atomic E-state index is 10.3. The minimum Gasteiger partial charge on any atom is -0.478 e. The van der Waals surface area contributed by atoms with Crippen molar-refractivity contribution in [1.29, 1.82) is 5.26 Å². The molecule has 0 bridgehead atoms. The van der Waals surface area contributed by atoms with E-state index in [1.54, 1.807) is 12.1 Å². The van der Waals surface area contributed by atoms with E-state index in [0.717, 1.165) is 6.08 Å². The molecule has 0 saturated heterocycles. The molecule has 0 atom stereocenters. The van der Waals surface area contributed by atoms with E-state index in [4.69, 9.17) is 10.4 Å². The number of carbonyl (C=O) groups is 1. The summed E-state index contributed by atoms with van der Waals surface area (Å²) in [6.07, 6.45) is 2.46. The zero-order valence-corrected chi connectivity index (χ0v) is 10.5. The fourth-order valence-corrected chi connectivity index (χ4v) is 1.75. The number of carboxylic acids is 1. The van der Waals surface area contributed by atoms with Crippen molar-refractivity contribution in [3.63, 3.8) is 0 Å². The Kier molecular flexibility index (Phi) is 4.06. The van der Waals surface area contributed by atoms with E-state index in [2.05, 4.69) is 31.9 Å². The van der Waals surface area contributed by atoms with Gasteiger partial charge in [0.15, 0.2) is 0 Å². The Bertz CT molecular complexity index is 475. The van der Waals surface area contributed by atoms with Gasteiger partial charge in [0.1, 0.15) is 6.07 Å². The summed E-state index contributed by atoms with van der Waals surface area (Å²) in [7, 11) is 0. The van der Waals surface area contributed by atoms with Gasteiger partial charge in [-0.15, -0.1) is 0 Å². The largest absolute Gasteiger partial charge is 0.478 e. The molecule has 0 fully saturated rings. The van der Waals surface area contributed by atoms with Gasteiger partial charge in [0.2, 0.25) is 0 Å². The van der Waals surface area contributed by atoms with Gasteiger partial charge in [0.25, 0.3) is 0 Å². The monoisotopic (exact) mass is 329 g/mol. The molecule has 0 saturated carbocycles. The molecule has 0 aliphatic carbocycles. The summed E-state index contributed by atoms with van der Waals surface area (Å²) in [6.45, 7) is 0.